The van der Waals surface area contributed by atoms with Crippen LogP contribution in [0, 0.1) is 0 Å². The fourth-order valence-corrected chi connectivity index (χ4v) is 3.36. The van der Waals surface area contributed by atoms with Gasteiger partial charge in [0.25, 0.3) is 0 Å². The van der Waals surface area contributed by atoms with Gasteiger partial charge < -0.3 is 20.1 Å². The van der Waals surface area contributed by atoms with E-state index in [2.05, 4.69) is 34.6 Å². The van der Waals surface area contributed by atoms with Crippen LogP contribution in [0.4, 0.5) is 8.78 Å². The number of rotatable bonds is 10. The number of aryl methyl sites for hydroxylation is 2. The Morgan fingerprint density at radius 3 is 2.45 bits per heavy atom. The van der Waals surface area contributed by atoms with Gasteiger partial charge in [0.05, 0.1) is 12.3 Å². The summed E-state index contributed by atoms with van der Waals surface area (Å²) in [7, 11) is 3.61. The molecule has 31 heavy (non-hydrogen) atoms. The van der Waals surface area contributed by atoms with Gasteiger partial charge in [-0.15, -0.1) is 24.0 Å². The number of halogens is 3. The minimum absolute atomic E-state index is 0. The van der Waals surface area contributed by atoms with Crippen molar-refractivity contribution in [2.45, 2.75) is 53.3 Å². The molecule has 10 heteroatoms. The quantitative estimate of drug-likeness (QED) is 0.265. The molecular formula is C21H32F2IN5O2. The molecule has 0 aliphatic heterocycles. The Kier molecular flexibility index (Phi) is 11.6. The van der Waals surface area contributed by atoms with Crippen LogP contribution in [0.5, 0.6) is 11.5 Å². The number of hydrogen-bond acceptors (Lipinski definition) is 4. The number of nitrogens with one attached hydrogen (secondary N) is 2. The number of nitrogens with zero attached hydrogens (tertiary/aromatic N) is 3. The molecule has 7 nitrogen and oxygen atoms in total. The smallest absolute Gasteiger partial charge is 0.387 e. The monoisotopic (exact) mass is 551 g/mol. The molecule has 0 saturated heterocycles. The number of ether oxygens (including phenoxy) is 2. The van der Waals surface area contributed by atoms with E-state index in [9.17, 15) is 8.78 Å². The molecule has 1 heterocycles. The first kappa shape index (κ1) is 26.9. The van der Waals surface area contributed by atoms with Crippen LogP contribution >= 0.6 is 24.0 Å². The zero-order chi connectivity index (χ0) is 22.1. The zero-order valence-electron chi connectivity index (χ0n) is 18.7. The van der Waals surface area contributed by atoms with Crippen LogP contribution in [0.25, 0.3) is 0 Å². The van der Waals surface area contributed by atoms with Gasteiger partial charge >= 0.3 is 6.61 Å². The normalized spacial score (nSPS) is 11.3. The highest BCUT2D eigenvalue weighted by molar-refractivity contribution is 14.0. The number of para-hydroxylation sites is 1. The van der Waals surface area contributed by atoms with Crippen LogP contribution in [-0.2, 0) is 33.0 Å². The third-order valence-corrected chi connectivity index (χ3v) is 4.70. The molecule has 0 fully saturated rings. The van der Waals surface area contributed by atoms with Gasteiger partial charge in [-0.05, 0) is 25.8 Å². The lowest BCUT2D eigenvalue weighted by molar-refractivity contribution is -0.0520. The molecule has 0 bridgehead atoms. The van der Waals surface area contributed by atoms with Gasteiger partial charge in [-0.25, -0.2) is 0 Å². The first-order chi connectivity index (χ1) is 14.4. The number of benzene rings is 1. The molecule has 174 valence electrons. The first-order valence-electron chi connectivity index (χ1n) is 10.1. The predicted octanol–water partition coefficient (Wildman–Crippen LogP) is 4.03. The highest BCUT2D eigenvalue weighted by Gasteiger charge is 2.17. The Hall–Kier alpha value is -2.11. The molecule has 2 rings (SSSR count). The summed E-state index contributed by atoms with van der Waals surface area (Å²) < 4.78 is 37.9. The van der Waals surface area contributed by atoms with Crippen molar-refractivity contribution in [1.29, 1.82) is 0 Å². The summed E-state index contributed by atoms with van der Waals surface area (Å²) in [6.07, 6.45) is 1.72. The highest BCUT2D eigenvalue weighted by Crippen LogP contribution is 2.32. The van der Waals surface area contributed by atoms with Crippen LogP contribution in [0.1, 0.15) is 43.3 Å². The van der Waals surface area contributed by atoms with E-state index in [0.717, 1.165) is 24.1 Å². The van der Waals surface area contributed by atoms with E-state index in [-0.39, 0.29) is 42.0 Å². The molecule has 0 aliphatic carbocycles. The van der Waals surface area contributed by atoms with Crippen molar-refractivity contribution in [3.63, 3.8) is 0 Å². The molecular weight excluding hydrogens is 519 g/mol. The molecule has 0 radical (unpaired) electrons. The van der Waals surface area contributed by atoms with Gasteiger partial charge in [-0.3, -0.25) is 9.67 Å². The topological polar surface area (TPSA) is 72.7 Å². The fourth-order valence-electron chi connectivity index (χ4n) is 3.36. The van der Waals surface area contributed by atoms with Crippen LogP contribution in [0.2, 0.25) is 0 Å². The summed E-state index contributed by atoms with van der Waals surface area (Å²) >= 11 is 0. The molecule has 0 aliphatic rings. The summed E-state index contributed by atoms with van der Waals surface area (Å²) in [6, 6.07) is 5.07. The first-order valence-corrected chi connectivity index (χ1v) is 10.1. The van der Waals surface area contributed by atoms with Crippen molar-refractivity contribution in [2.24, 2.45) is 12.0 Å². The molecule has 0 spiro atoms. The Morgan fingerprint density at radius 2 is 1.87 bits per heavy atom. The van der Waals surface area contributed by atoms with Gasteiger partial charge in [0, 0.05) is 44.0 Å². The van der Waals surface area contributed by atoms with Crippen molar-refractivity contribution in [3.05, 3.63) is 40.7 Å². The van der Waals surface area contributed by atoms with E-state index in [1.54, 1.807) is 32.2 Å². The Bertz CT molecular complexity index is 859. The second kappa shape index (κ2) is 13.3. The molecule has 2 aromatic rings. The van der Waals surface area contributed by atoms with Gasteiger partial charge in [0.2, 0.25) is 0 Å². The molecule has 1 aromatic heterocycles. The van der Waals surface area contributed by atoms with Gasteiger partial charge in [-0.1, -0.05) is 26.0 Å². The lowest BCUT2D eigenvalue weighted by atomic mass is 10.1. The van der Waals surface area contributed by atoms with Crippen molar-refractivity contribution >= 4 is 29.9 Å². The minimum Gasteiger partial charge on any atom is -0.490 e. The summed E-state index contributed by atoms with van der Waals surface area (Å²) in [5, 5.41) is 11.0. The van der Waals surface area contributed by atoms with Crippen LogP contribution in [-0.4, -0.2) is 36.0 Å². The summed E-state index contributed by atoms with van der Waals surface area (Å²) in [6.45, 7) is 4.20. The van der Waals surface area contributed by atoms with Crippen molar-refractivity contribution in [2.75, 3.05) is 13.7 Å². The number of aliphatic imine (C=N–C) groups is 1. The maximum atomic E-state index is 12.9. The van der Waals surface area contributed by atoms with Gasteiger partial charge in [0.1, 0.15) is 0 Å². The molecule has 0 amide bonds. The third kappa shape index (κ3) is 7.22. The van der Waals surface area contributed by atoms with Gasteiger partial charge in [0.15, 0.2) is 17.5 Å². The minimum atomic E-state index is -2.94. The van der Waals surface area contributed by atoms with E-state index in [1.165, 1.54) is 5.69 Å². The average Bonchev–Trinajstić information content (AvgIpc) is 3.04. The second-order valence-electron chi connectivity index (χ2n) is 6.54. The SMILES string of the molecule is CCOc1cccc(CNC(=NC)NCc2c(CC)nn(C)c2CC)c1OC(F)F.I. The Morgan fingerprint density at radius 1 is 1.16 bits per heavy atom. The van der Waals surface area contributed by atoms with Crippen LogP contribution < -0.4 is 20.1 Å². The van der Waals surface area contributed by atoms with E-state index in [4.69, 9.17) is 9.47 Å². The van der Waals surface area contributed by atoms with Crippen molar-refractivity contribution in [1.82, 2.24) is 20.4 Å². The maximum absolute atomic E-state index is 12.9. The Balaban J connectivity index is 0.00000480. The Labute approximate surface area is 199 Å². The van der Waals surface area contributed by atoms with E-state index >= 15 is 0 Å². The molecule has 1 aromatic carbocycles. The summed E-state index contributed by atoms with van der Waals surface area (Å²) in [4.78, 5) is 4.23. The van der Waals surface area contributed by atoms with E-state index in [0.29, 0.717) is 24.7 Å². The zero-order valence-corrected chi connectivity index (χ0v) is 21.0. The van der Waals surface area contributed by atoms with Crippen molar-refractivity contribution in [3.8, 4) is 11.5 Å². The average molecular weight is 551 g/mol. The summed E-state index contributed by atoms with van der Waals surface area (Å²) in [5.74, 6) is 0.870. The lowest BCUT2D eigenvalue weighted by Crippen LogP contribution is -2.36. The number of hydrogen-bond donors (Lipinski definition) is 2. The predicted molar refractivity (Wildman–Crippen MR) is 129 cm³/mol. The second-order valence-corrected chi connectivity index (χ2v) is 6.54. The molecule has 0 unspecified atom stereocenters. The molecule has 0 saturated carbocycles. The number of aromatic nitrogens is 2. The standard InChI is InChI=1S/C21H31F2N5O2.HI/c1-6-16-15(17(7-2)28(5)27-16)13-26-21(24-4)25-12-14-10-9-11-18(29-8-3)19(14)30-20(22)23;/h9-11,20H,6-8,12-13H2,1-5H3,(H2,24,25,26);1H. The lowest BCUT2D eigenvalue weighted by Gasteiger charge is -2.17. The number of guanidine groups is 1. The maximum Gasteiger partial charge on any atom is 0.387 e. The van der Waals surface area contributed by atoms with Gasteiger partial charge in [-0.2, -0.15) is 13.9 Å². The van der Waals surface area contributed by atoms with Crippen molar-refractivity contribution < 1.29 is 18.3 Å². The third-order valence-electron chi connectivity index (χ3n) is 4.70. The van der Waals surface area contributed by atoms with E-state index < -0.39 is 6.61 Å². The highest BCUT2D eigenvalue weighted by atomic mass is 127. The van der Waals surface area contributed by atoms with Crippen LogP contribution in [0.3, 0.4) is 0 Å². The van der Waals surface area contributed by atoms with E-state index in [1.807, 2.05) is 11.7 Å². The molecule has 0 atom stereocenters. The largest absolute Gasteiger partial charge is 0.490 e. The number of alkyl halides is 2. The fraction of sp³-hybridized carbons (Fsp3) is 0.524. The van der Waals surface area contributed by atoms with Crippen LogP contribution in [0.15, 0.2) is 23.2 Å². The summed E-state index contributed by atoms with van der Waals surface area (Å²) in [5.41, 5.74) is 3.93. The molecule has 2 N–H and O–H groups in total.